The average molecular weight is 871 g/mol. The lowest BCUT2D eigenvalue weighted by atomic mass is 9.81. The molecule has 0 nitrogen and oxygen atoms in total. The summed E-state index contributed by atoms with van der Waals surface area (Å²) in [6.45, 7) is 13.8. The van der Waals surface area contributed by atoms with Crippen molar-refractivity contribution < 1.29 is 0 Å². The first kappa shape index (κ1) is 41.6. The van der Waals surface area contributed by atoms with Gasteiger partial charge in [0.15, 0.2) is 0 Å². The van der Waals surface area contributed by atoms with Gasteiger partial charge in [-0.05, 0) is 155 Å². The summed E-state index contributed by atoms with van der Waals surface area (Å²) in [4.78, 5) is 0. The molecule has 0 bridgehead atoms. The van der Waals surface area contributed by atoms with Crippen molar-refractivity contribution >= 4 is 53.9 Å². The predicted molar refractivity (Wildman–Crippen MR) is 295 cm³/mol. The van der Waals surface area contributed by atoms with Crippen LogP contribution in [0.3, 0.4) is 0 Å². The molecule has 0 heteroatoms. The van der Waals surface area contributed by atoms with E-state index >= 15 is 0 Å². The largest absolute Gasteiger partial charge is 0.0616 e. The third-order valence-corrected chi connectivity index (χ3v) is 14.6. The highest BCUT2D eigenvalue weighted by atomic mass is 14.3. The summed E-state index contributed by atoms with van der Waals surface area (Å²) >= 11 is 0. The van der Waals surface area contributed by atoms with Crippen LogP contribution in [0.4, 0.5) is 0 Å². The molecule has 0 aromatic heterocycles. The fourth-order valence-electron chi connectivity index (χ4n) is 10.9. The Hall–Kier alpha value is -7.80. The van der Waals surface area contributed by atoms with E-state index in [9.17, 15) is 0 Å². The van der Waals surface area contributed by atoms with E-state index in [0.29, 0.717) is 0 Å². The van der Waals surface area contributed by atoms with Gasteiger partial charge in [0, 0.05) is 0 Å². The van der Waals surface area contributed by atoms with Gasteiger partial charge in [-0.2, -0.15) is 0 Å². The van der Waals surface area contributed by atoms with Gasteiger partial charge in [0.25, 0.3) is 0 Å². The van der Waals surface area contributed by atoms with Crippen LogP contribution in [0.25, 0.3) is 121 Å². The van der Waals surface area contributed by atoms with Gasteiger partial charge in [-0.3, -0.25) is 0 Å². The van der Waals surface area contributed by atoms with Crippen LogP contribution in [0.5, 0.6) is 0 Å². The maximum atomic E-state index is 2.46. The molecule has 326 valence electrons. The normalized spacial score (nSPS) is 12.3. The SMILES string of the molecule is CC(C)(C)c1ccc(-c2cc(-c3ccc(-c4cccc5ccccc45)cc3)c3ccc4c(-c5ccc(C(C)(C)C)cc5)cc(-c5ccc(-c6cccc7ccccc67)cc5)c5ccc2c3c54)cc1. The zero-order valence-corrected chi connectivity index (χ0v) is 39.8. The molecule has 12 aromatic carbocycles. The standard InChI is InChI=1S/C68H54/c1-67(2,3)51-33-29-49(30-34-51)63-41-61(47-25-21-45(22-26-47)55-19-11-15-43-13-7-9-17-53(43)55)57-38-40-60-64(50-31-35-52(36-32-50)68(4,5)6)42-62(58-37-39-59(63)65(57)66(58)60)48-27-23-46(24-28-48)56-20-12-16-44-14-8-10-18-54(44)56/h7-42H,1-6H3. The first-order chi connectivity index (χ1) is 33.0. The van der Waals surface area contributed by atoms with Crippen molar-refractivity contribution in [3.8, 4) is 66.8 Å². The first-order valence-corrected chi connectivity index (χ1v) is 24.2. The Bertz CT molecular complexity index is 3580. The Morgan fingerprint density at radius 3 is 0.794 bits per heavy atom. The Labute approximate surface area is 400 Å². The molecule has 0 aliphatic rings. The highest BCUT2D eigenvalue weighted by Crippen LogP contribution is 2.49. The van der Waals surface area contributed by atoms with E-state index in [0.717, 1.165) is 0 Å². The predicted octanol–water partition coefficient (Wildman–Crippen LogP) is 19.5. The number of fused-ring (bicyclic) bond motifs is 2. The van der Waals surface area contributed by atoms with Crippen molar-refractivity contribution in [1.29, 1.82) is 0 Å². The number of rotatable bonds is 6. The summed E-state index contributed by atoms with van der Waals surface area (Å²) in [5.74, 6) is 0. The van der Waals surface area contributed by atoms with E-state index < -0.39 is 0 Å². The summed E-state index contributed by atoms with van der Waals surface area (Å²) in [6.07, 6.45) is 0. The van der Waals surface area contributed by atoms with Crippen molar-refractivity contribution in [3.05, 3.63) is 230 Å². The summed E-state index contributed by atoms with van der Waals surface area (Å²) in [5.41, 5.74) is 17.6. The van der Waals surface area contributed by atoms with Gasteiger partial charge in [0.2, 0.25) is 0 Å². The molecular weight excluding hydrogens is 817 g/mol. The van der Waals surface area contributed by atoms with Crippen LogP contribution < -0.4 is 0 Å². The molecule has 12 aromatic rings. The van der Waals surface area contributed by atoms with Gasteiger partial charge in [-0.15, -0.1) is 0 Å². The lowest BCUT2D eigenvalue weighted by Crippen LogP contribution is -2.10. The maximum absolute atomic E-state index is 2.46. The van der Waals surface area contributed by atoms with Crippen molar-refractivity contribution in [2.24, 2.45) is 0 Å². The molecule has 0 saturated heterocycles. The lowest BCUT2D eigenvalue weighted by Gasteiger charge is -2.23. The molecule has 0 saturated carbocycles. The average Bonchev–Trinajstić information content (AvgIpc) is 3.37. The van der Waals surface area contributed by atoms with Crippen LogP contribution in [-0.4, -0.2) is 0 Å². The maximum Gasteiger partial charge on any atom is -0.00139 e. The molecule has 0 amide bonds. The molecule has 0 atom stereocenters. The zero-order chi connectivity index (χ0) is 46.3. The van der Waals surface area contributed by atoms with E-state index in [1.54, 1.807) is 0 Å². The highest BCUT2D eigenvalue weighted by Gasteiger charge is 2.23. The first-order valence-electron chi connectivity index (χ1n) is 24.2. The van der Waals surface area contributed by atoms with Crippen molar-refractivity contribution in [2.75, 3.05) is 0 Å². The van der Waals surface area contributed by atoms with Gasteiger partial charge in [-0.25, -0.2) is 0 Å². The second kappa shape index (κ2) is 15.9. The van der Waals surface area contributed by atoms with Gasteiger partial charge in [0.1, 0.15) is 0 Å². The van der Waals surface area contributed by atoms with Crippen LogP contribution in [0.2, 0.25) is 0 Å². The van der Waals surface area contributed by atoms with Gasteiger partial charge in [0.05, 0.1) is 0 Å². The van der Waals surface area contributed by atoms with Crippen LogP contribution in [0.1, 0.15) is 52.7 Å². The van der Waals surface area contributed by atoms with E-state index in [4.69, 9.17) is 0 Å². The van der Waals surface area contributed by atoms with Crippen molar-refractivity contribution in [3.63, 3.8) is 0 Å². The Morgan fingerprint density at radius 1 is 0.221 bits per heavy atom. The molecule has 0 heterocycles. The third-order valence-electron chi connectivity index (χ3n) is 14.6. The summed E-state index contributed by atoms with van der Waals surface area (Å²) in [6, 6.07) is 82.4. The molecule has 68 heavy (non-hydrogen) atoms. The second-order valence-corrected chi connectivity index (χ2v) is 20.9. The third kappa shape index (κ3) is 7.06. The van der Waals surface area contributed by atoms with Crippen LogP contribution in [-0.2, 0) is 10.8 Å². The van der Waals surface area contributed by atoms with E-state index in [1.165, 1.54) is 132 Å². The monoisotopic (exact) mass is 870 g/mol. The van der Waals surface area contributed by atoms with Crippen LogP contribution in [0.15, 0.2) is 218 Å². The molecule has 0 aliphatic carbocycles. The molecule has 0 aliphatic heterocycles. The van der Waals surface area contributed by atoms with E-state index in [1.807, 2.05) is 0 Å². The minimum Gasteiger partial charge on any atom is -0.0616 e. The topological polar surface area (TPSA) is 0 Å². The molecule has 0 unspecified atom stereocenters. The van der Waals surface area contributed by atoms with Crippen LogP contribution in [0, 0.1) is 0 Å². The number of benzene rings is 12. The molecule has 0 fully saturated rings. The fourth-order valence-corrected chi connectivity index (χ4v) is 10.9. The van der Waals surface area contributed by atoms with Gasteiger partial charge >= 0.3 is 0 Å². The highest BCUT2D eigenvalue weighted by molar-refractivity contribution is 6.32. The zero-order valence-electron chi connectivity index (χ0n) is 39.8. The van der Waals surface area contributed by atoms with E-state index in [2.05, 4.69) is 260 Å². The van der Waals surface area contributed by atoms with Crippen molar-refractivity contribution in [1.82, 2.24) is 0 Å². The summed E-state index contributed by atoms with van der Waals surface area (Å²) in [7, 11) is 0. The second-order valence-electron chi connectivity index (χ2n) is 20.9. The van der Waals surface area contributed by atoms with Gasteiger partial charge in [-0.1, -0.05) is 248 Å². The minimum atomic E-state index is 0.0587. The quantitative estimate of drug-likeness (QED) is 0.146. The van der Waals surface area contributed by atoms with Crippen molar-refractivity contribution in [2.45, 2.75) is 52.4 Å². The lowest BCUT2D eigenvalue weighted by molar-refractivity contribution is 0.590. The minimum absolute atomic E-state index is 0.0587. The number of hydrogen-bond acceptors (Lipinski definition) is 0. The Morgan fingerprint density at radius 2 is 0.485 bits per heavy atom. The number of hydrogen-bond donors (Lipinski definition) is 0. The van der Waals surface area contributed by atoms with E-state index in [-0.39, 0.29) is 10.8 Å². The smallest absolute Gasteiger partial charge is 0.00139 e. The van der Waals surface area contributed by atoms with Crippen LogP contribution >= 0.6 is 0 Å². The summed E-state index contributed by atoms with van der Waals surface area (Å²) < 4.78 is 0. The van der Waals surface area contributed by atoms with Gasteiger partial charge < -0.3 is 0 Å². The Balaban J connectivity index is 1.11. The molecule has 12 rings (SSSR count). The molecule has 0 spiro atoms. The Kier molecular flexibility index (Phi) is 9.75. The summed E-state index contributed by atoms with van der Waals surface area (Å²) in [5, 5.41) is 12.8. The molecular formula is C68H54. The molecule has 0 radical (unpaired) electrons. The molecule has 0 N–H and O–H groups in total. The fraction of sp³-hybridized carbons (Fsp3) is 0.118.